The standard InChI is InChI=1S/C15H19F3O3/c1-2-3-7-10-13(19)11-8-5-4-6-9-12-21-14(20)15(16,17)18/h4-8,10H,2-3,9,11-12H2,1H3/b6-4+,8-5+,10-7+. The molecule has 0 saturated carbocycles. The van der Waals surface area contributed by atoms with Crippen molar-refractivity contribution < 1.29 is 27.5 Å². The van der Waals surface area contributed by atoms with Crippen LogP contribution in [0.5, 0.6) is 0 Å². The number of allylic oxidation sites excluding steroid dienone is 5. The smallest absolute Gasteiger partial charge is 0.459 e. The van der Waals surface area contributed by atoms with E-state index in [4.69, 9.17) is 0 Å². The van der Waals surface area contributed by atoms with Crippen molar-refractivity contribution in [1.82, 2.24) is 0 Å². The van der Waals surface area contributed by atoms with Crippen molar-refractivity contribution in [3.63, 3.8) is 0 Å². The Labute approximate surface area is 122 Å². The second-order valence-electron chi connectivity index (χ2n) is 4.14. The SMILES string of the molecule is CCC/C=C/C(=O)C/C=C/C=C/CCOC(=O)C(F)(F)F. The fourth-order valence-electron chi connectivity index (χ4n) is 1.19. The zero-order valence-corrected chi connectivity index (χ0v) is 11.9. The number of rotatable bonds is 9. The van der Waals surface area contributed by atoms with Gasteiger partial charge in [0.2, 0.25) is 0 Å². The molecule has 0 aliphatic rings. The van der Waals surface area contributed by atoms with Crippen LogP contribution in [0.3, 0.4) is 0 Å². The van der Waals surface area contributed by atoms with Crippen molar-refractivity contribution in [2.75, 3.05) is 6.61 Å². The summed E-state index contributed by atoms with van der Waals surface area (Å²) in [6, 6.07) is 0. The maximum Gasteiger partial charge on any atom is 0.490 e. The minimum absolute atomic E-state index is 0.00722. The Morgan fingerprint density at radius 1 is 1.05 bits per heavy atom. The van der Waals surface area contributed by atoms with Gasteiger partial charge < -0.3 is 4.74 Å². The molecule has 0 unspecified atom stereocenters. The summed E-state index contributed by atoms with van der Waals surface area (Å²) >= 11 is 0. The molecule has 0 fully saturated rings. The maximum absolute atomic E-state index is 11.8. The highest BCUT2D eigenvalue weighted by atomic mass is 19.4. The van der Waals surface area contributed by atoms with Crippen LogP contribution in [0.2, 0.25) is 0 Å². The Kier molecular flexibility index (Phi) is 9.92. The largest absolute Gasteiger partial charge is 0.490 e. The van der Waals surface area contributed by atoms with Crippen molar-refractivity contribution in [3.05, 3.63) is 36.5 Å². The van der Waals surface area contributed by atoms with Crippen LogP contribution in [-0.4, -0.2) is 24.5 Å². The van der Waals surface area contributed by atoms with Gasteiger partial charge in [0.05, 0.1) is 6.61 Å². The molecule has 0 aliphatic heterocycles. The van der Waals surface area contributed by atoms with E-state index in [0.717, 1.165) is 12.8 Å². The number of ketones is 1. The molecule has 0 N–H and O–H groups in total. The summed E-state index contributed by atoms with van der Waals surface area (Å²) in [6.07, 6.45) is 7.12. The van der Waals surface area contributed by atoms with Crippen LogP contribution in [0.1, 0.15) is 32.6 Å². The predicted octanol–water partition coefficient (Wildman–Crippen LogP) is 3.91. The molecule has 0 aromatic heterocycles. The highest BCUT2D eigenvalue weighted by Crippen LogP contribution is 2.16. The minimum Gasteiger partial charge on any atom is -0.459 e. The van der Waals surface area contributed by atoms with Crippen molar-refractivity contribution in [2.45, 2.75) is 38.8 Å². The van der Waals surface area contributed by atoms with Crippen LogP contribution < -0.4 is 0 Å². The van der Waals surface area contributed by atoms with Gasteiger partial charge in [-0.25, -0.2) is 4.79 Å². The molecule has 0 heterocycles. The summed E-state index contributed by atoms with van der Waals surface area (Å²) in [4.78, 5) is 21.6. The van der Waals surface area contributed by atoms with Gasteiger partial charge in [0.15, 0.2) is 5.78 Å². The van der Waals surface area contributed by atoms with Crippen LogP contribution in [-0.2, 0) is 14.3 Å². The van der Waals surface area contributed by atoms with Gasteiger partial charge in [-0.3, -0.25) is 4.79 Å². The maximum atomic E-state index is 11.8. The average Bonchev–Trinajstić information content (AvgIpc) is 2.40. The number of unbranched alkanes of at least 4 members (excludes halogenated alkanes) is 1. The van der Waals surface area contributed by atoms with Crippen LogP contribution in [0.25, 0.3) is 0 Å². The van der Waals surface area contributed by atoms with Crippen LogP contribution in [0, 0.1) is 0 Å². The highest BCUT2D eigenvalue weighted by molar-refractivity contribution is 5.90. The van der Waals surface area contributed by atoms with Gasteiger partial charge in [-0.1, -0.05) is 43.7 Å². The molecule has 0 spiro atoms. The second-order valence-corrected chi connectivity index (χ2v) is 4.14. The third-order valence-corrected chi connectivity index (χ3v) is 2.21. The molecule has 0 aromatic rings. The molecule has 0 atom stereocenters. The third-order valence-electron chi connectivity index (χ3n) is 2.21. The summed E-state index contributed by atoms with van der Waals surface area (Å²) in [5.74, 6) is -2.19. The summed E-state index contributed by atoms with van der Waals surface area (Å²) in [5.41, 5.74) is 0. The Morgan fingerprint density at radius 2 is 1.71 bits per heavy atom. The highest BCUT2D eigenvalue weighted by Gasteiger charge is 2.40. The van der Waals surface area contributed by atoms with Gasteiger partial charge in [-0.2, -0.15) is 13.2 Å². The zero-order chi connectivity index (χ0) is 16.1. The quantitative estimate of drug-likeness (QED) is 0.281. The number of carbonyl (C=O) groups is 2. The van der Waals surface area contributed by atoms with E-state index in [9.17, 15) is 22.8 Å². The first kappa shape index (κ1) is 19.1. The van der Waals surface area contributed by atoms with Crippen molar-refractivity contribution in [1.29, 1.82) is 0 Å². The monoisotopic (exact) mass is 304 g/mol. The number of carbonyl (C=O) groups excluding carboxylic acids is 2. The van der Waals surface area contributed by atoms with Crippen molar-refractivity contribution in [2.24, 2.45) is 0 Å². The number of esters is 1. The first-order valence-electron chi connectivity index (χ1n) is 6.63. The number of ether oxygens (including phenoxy) is 1. The summed E-state index contributed by atoms with van der Waals surface area (Å²) < 4.78 is 39.3. The summed E-state index contributed by atoms with van der Waals surface area (Å²) in [7, 11) is 0. The molecule has 0 rings (SSSR count). The number of hydrogen-bond donors (Lipinski definition) is 0. The van der Waals surface area contributed by atoms with Crippen LogP contribution >= 0.6 is 0 Å². The topological polar surface area (TPSA) is 43.4 Å². The van der Waals surface area contributed by atoms with E-state index >= 15 is 0 Å². The van der Waals surface area contributed by atoms with E-state index in [2.05, 4.69) is 4.74 Å². The fourth-order valence-corrected chi connectivity index (χ4v) is 1.19. The molecular weight excluding hydrogens is 285 g/mol. The molecule has 6 heteroatoms. The molecule has 0 aliphatic carbocycles. The molecule has 0 amide bonds. The van der Waals surface area contributed by atoms with E-state index in [1.165, 1.54) is 6.08 Å². The first-order chi connectivity index (χ1) is 9.88. The average molecular weight is 304 g/mol. The molecular formula is C15H19F3O3. The molecule has 118 valence electrons. The predicted molar refractivity (Wildman–Crippen MR) is 73.6 cm³/mol. The Balaban J connectivity index is 3.75. The van der Waals surface area contributed by atoms with E-state index in [0.29, 0.717) is 0 Å². The van der Waals surface area contributed by atoms with Crippen molar-refractivity contribution in [3.8, 4) is 0 Å². The van der Waals surface area contributed by atoms with Gasteiger partial charge in [-0.05, 0) is 18.9 Å². The lowest BCUT2D eigenvalue weighted by Crippen LogP contribution is -2.25. The van der Waals surface area contributed by atoms with Gasteiger partial charge in [0, 0.05) is 6.42 Å². The van der Waals surface area contributed by atoms with Gasteiger partial charge in [-0.15, -0.1) is 0 Å². The van der Waals surface area contributed by atoms with Gasteiger partial charge >= 0.3 is 12.1 Å². The lowest BCUT2D eigenvalue weighted by Gasteiger charge is -2.04. The zero-order valence-electron chi connectivity index (χ0n) is 11.9. The van der Waals surface area contributed by atoms with Gasteiger partial charge in [0.25, 0.3) is 0 Å². The molecule has 21 heavy (non-hydrogen) atoms. The fraction of sp³-hybridized carbons (Fsp3) is 0.467. The van der Waals surface area contributed by atoms with E-state index in [-0.39, 0.29) is 25.2 Å². The van der Waals surface area contributed by atoms with Crippen molar-refractivity contribution >= 4 is 11.8 Å². The molecule has 0 saturated heterocycles. The molecule has 0 radical (unpaired) electrons. The van der Waals surface area contributed by atoms with Crippen LogP contribution in [0.4, 0.5) is 13.2 Å². The minimum atomic E-state index is -4.95. The Hall–Kier alpha value is -1.85. The van der Waals surface area contributed by atoms with E-state index in [1.54, 1.807) is 24.3 Å². The first-order valence-corrected chi connectivity index (χ1v) is 6.63. The lowest BCUT2D eigenvalue weighted by atomic mass is 10.2. The Bertz CT molecular complexity index is 407. The molecule has 3 nitrogen and oxygen atoms in total. The van der Waals surface area contributed by atoms with E-state index < -0.39 is 12.1 Å². The van der Waals surface area contributed by atoms with Crippen LogP contribution in [0.15, 0.2) is 36.5 Å². The molecule has 0 bridgehead atoms. The number of hydrogen-bond acceptors (Lipinski definition) is 3. The normalized spacial score (nSPS) is 12.6. The van der Waals surface area contributed by atoms with Gasteiger partial charge in [0.1, 0.15) is 0 Å². The summed E-state index contributed by atoms with van der Waals surface area (Å²) in [6.45, 7) is 1.69. The second kappa shape index (κ2) is 10.9. The lowest BCUT2D eigenvalue weighted by molar-refractivity contribution is -0.199. The number of alkyl halides is 3. The van der Waals surface area contributed by atoms with E-state index in [1.807, 2.05) is 13.0 Å². The molecule has 0 aromatic carbocycles. The number of halogens is 3. The Morgan fingerprint density at radius 3 is 2.33 bits per heavy atom. The third kappa shape index (κ3) is 11.7. The summed E-state index contributed by atoms with van der Waals surface area (Å²) in [5, 5.41) is 0.